The number of benzene rings is 1. The Kier molecular flexibility index (Phi) is 13.6. The van der Waals surface area contributed by atoms with Crippen LogP contribution in [0.4, 0.5) is 23.7 Å². The third kappa shape index (κ3) is 9.16. The molecule has 0 saturated carbocycles. The van der Waals surface area contributed by atoms with Crippen molar-refractivity contribution in [2.24, 2.45) is 0 Å². The number of amides is 1. The lowest BCUT2D eigenvalue weighted by Crippen LogP contribution is -2.34. The van der Waals surface area contributed by atoms with E-state index < -0.39 is 29.0 Å². The Hall–Kier alpha value is -2.35. The molecule has 37 heavy (non-hydrogen) atoms. The second kappa shape index (κ2) is 14.6. The molecule has 0 unspecified atom stereocenters. The first-order valence-electron chi connectivity index (χ1n) is 11.5. The summed E-state index contributed by atoms with van der Waals surface area (Å²) in [6.07, 6.45) is 0.0773. The van der Waals surface area contributed by atoms with E-state index in [0.717, 1.165) is 0 Å². The first-order valence-corrected chi connectivity index (χ1v) is 15.1. The fourth-order valence-electron chi connectivity index (χ4n) is 4.18. The van der Waals surface area contributed by atoms with E-state index in [0.29, 0.717) is 34.4 Å². The Labute approximate surface area is 218 Å². The molecule has 1 aromatic rings. The van der Waals surface area contributed by atoms with Crippen LogP contribution in [0.2, 0.25) is 0 Å². The van der Waals surface area contributed by atoms with Crippen LogP contribution in [0, 0.1) is 11.3 Å². The number of nitrogens with zero attached hydrogens (tertiary/aromatic N) is 2. The SMILES string of the molecule is CCOC(=O)N(/C(OC)=C(\C#N)C[P+](C(C)C)(C(C)C)C(C)C)c1ccccc1.O=S(=O)([O-])C(F)(F)F. The summed E-state index contributed by atoms with van der Waals surface area (Å²) in [5.41, 5.74) is -3.18. The number of hydrogen-bond donors (Lipinski definition) is 0. The highest BCUT2D eigenvalue weighted by atomic mass is 32.2. The minimum Gasteiger partial charge on any atom is -0.741 e. The van der Waals surface area contributed by atoms with Gasteiger partial charge in [-0.15, -0.1) is 0 Å². The number of carbonyl (C=O) groups excluding carboxylic acids is 1. The lowest BCUT2D eigenvalue weighted by molar-refractivity contribution is -0.0517. The number of hydrogen-bond acceptors (Lipinski definition) is 7. The normalized spacial score (nSPS) is 12.9. The molecular formula is C24H36F3N2O6PS. The standard InChI is InChI=1S/C23H36N2O3P.CHF3O3S/c1-9-28-23(26)25(21-13-11-10-12-14-21)22(27-8)20(15-24)16-29(17(2)3,18(4)5)19(6)7;2-1(3,4)8(5,6)7/h10-14,17-19H,9,16H2,1-8H3;(H,5,6,7)/q+1;/p-1/b22-20-;. The van der Waals surface area contributed by atoms with Crippen LogP contribution in [0.5, 0.6) is 0 Å². The number of ether oxygens (including phenoxy) is 2. The van der Waals surface area contributed by atoms with Gasteiger partial charge in [-0.05, 0) is 60.6 Å². The third-order valence-corrected chi connectivity index (χ3v) is 13.1. The van der Waals surface area contributed by atoms with Gasteiger partial charge < -0.3 is 14.0 Å². The van der Waals surface area contributed by atoms with Gasteiger partial charge in [0.15, 0.2) is 10.1 Å². The largest absolute Gasteiger partial charge is 0.741 e. The summed E-state index contributed by atoms with van der Waals surface area (Å²) in [5, 5.41) is 10.1. The number of anilines is 1. The summed E-state index contributed by atoms with van der Waals surface area (Å²) in [5.74, 6) is 0.253. The van der Waals surface area contributed by atoms with Crippen LogP contribution < -0.4 is 4.90 Å². The van der Waals surface area contributed by atoms with Crippen LogP contribution in [-0.4, -0.2) is 61.4 Å². The molecule has 0 fully saturated rings. The first kappa shape index (κ1) is 34.6. The summed E-state index contributed by atoms with van der Waals surface area (Å²) < 4.78 is 69.9. The molecule has 0 aliphatic rings. The molecule has 0 atom stereocenters. The molecule has 0 aliphatic carbocycles. The lowest BCUT2D eigenvalue weighted by Gasteiger charge is -2.38. The van der Waals surface area contributed by atoms with Crippen LogP contribution in [0.25, 0.3) is 0 Å². The number of carbonyl (C=O) groups is 1. The Morgan fingerprint density at radius 1 is 1.08 bits per heavy atom. The molecule has 1 rings (SSSR count). The summed E-state index contributed by atoms with van der Waals surface area (Å²) >= 11 is 0. The van der Waals surface area contributed by atoms with Gasteiger partial charge in [-0.2, -0.15) is 18.4 Å². The topological polar surface area (TPSA) is 120 Å². The molecule has 1 aromatic carbocycles. The fraction of sp³-hybridized carbons (Fsp3) is 0.583. The van der Waals surface area contributed by atoms with E-state index in [4.69, 9.17) is 22.4 Å². The third-order valence-electron chi connectivity index (χ3n) is 5.85. The molecule has 0 aromatic heterocycles. The van der Waals surface area contributed by atoms with Crippen LogP contribution in [-0.2, 0) is 19.6 Å². The van der Waals surface area contributed by atoms with Gasteiger partial charge >= 0.3 is 11.6 Å². The lowest BCUT2D eigenvalue weighted by atomic mass is 10.2. The minimum absolute atomic E-state index is 0.238. The van der Waals surface area contributed by atoms with Gasteiger partial charge in [-0.1, -0.05) is 18.2 Å². The number of nitriles is 1. The van der Waals surface area contributed by atoms with E-state index in [1.54, 1.807) is 19.1 Å². The molecule has 0 saturated heterocycles. The summed E-state index contributed by atoms with van der Waals surface area (Å²) in [6.45, 7) is 15.5. The van der Waals surface area contributed by atoms with Gasteiger partial charge in [0.2, 0.25) is 5.88 Å². The zero-order valence-electron chi connectivity index (χ0n) is 22.4. The molecule has 0 N–H and O–H groups in total. The van der Waals surface area contributed by atoms with E-state index >= 15 is 0 Å². The molecule has 0 heterocycles. The summed E-state index contributed by atoms with van der Waals surface area (Å²) in [7, 11) is -6.16. The van der Waals surface area contributed by atoms with Gasteiger partial charge in [-0.3, -0.25) is 0 Å². The van der Waals surface area contributed by atoms with E-state index in [1.165, 1.54) is 12.0 Å². The van der Waals surface area contributed by atoms with Crippen molar-refractivity contribution in [3.8, 4) is 6.07 Å². The van der Waals surface area contributed by atoms with Crippen molar-refractivity contribution < 1.29 is 40.4 Å². The average molecular weight is 569 g/mol. The van der Waals surface area contributed by atoms with Crippen molar-refractivity contribution in [1.29, 1.82) is 5.26 Å². The van der Waals surface area contributed by atoms with Gasteiger partial charge in [0.05, 0.1) is 36.4 Å². The van der Waals surface area contributed by atoms with Gasteiger partial charge in [0, 0.05) is 7.26 Å². The van der Waals surface area contributed by atoms with Gasteiger partial charge in [0.25, 0.3) is 0 Å². The van der Waals surface area contributed by atoms with E-state index in [9.17, 15) is 23.2 Å². The van der Waals surface area contributed by atoms with E-state index in [2.05, 4.69) is 47.6 Å². The Morgan fingerprint density at radius 3 is 1.81 bits per heavy atom. The van der Waals surface area contributed by atoms with Crippen molar-refractivity contribution in [1.82, 2.24) is 0 Å². The predicted octanol–water partition coefficient (Wildman–Crippen LogP) is 6.33. The maximum atomic E-state index is 12.8. The maximum Gasteiger partial charge on any atom is 0.485 e. The Bertz CT molecular complexity index is 1030. The number of alkyl halides is 3. The second-order valence-electron chi connectivity index (χ2n) is 8.80. The van der Waals surface area contributed by atoms with Gasteiger partial charge in [0.1, 0.15) is 17.8 Å². The smallest absolute Gasteiger partial charge is 0.485 e. The van der Waals surface area contributed by atoms with Crippen molar-refractivity contribution >= 4 is 29.2 Å². The summed E-state index contributed by atoms with van der Waals surface area (Å²) in [6, 6.07) is 11.5. The van der Waals surface area contributed by atoms with Crippen LogP contribution in [0.3, 0.4) is 0 Å². The quantitative estimate of drug-likeness (QED) is 0.112. The minimum atomic E-state index is -6.09. The zero-order valence-corrected chi connectivity index (χ0v) is 24.1. The molecular weight excluding hydrogens is 532 g/mol. The van der Waals surface area contributed by atoms with Crippen LogP contribution in [0.15, 0.2) is 41.8 Å². The molecule has 0 aliphatic heterocycles. The number of halogens is 3. The number of rotatable bonds is 9. The highest BCUT2D eigenvalue weighted by molar-refractivity contribution is 7.86. The van der Waals surface area contributed by atoms with Crippen molar-refractivity contribution in [3.05, 3.63) is 41.8 Å². The molecule has 210 valence electrons. The first-order chi connectivity index (χ1) is 16.9. The number of allylic oxidation sites excluding steroid dienone is 1. The van der Waals surface area contributed by atoms with Crippen LogP contribution >= 0.6 is 7.26 Å². The van der Waals surface area contributed by atoms with Crippen LogP contribution in [0.1, 0.15) is 48.5 Å². The maximum absolute atomic E-state index is 12.8. The molecule has 0 spiro atoms. The molecule has 0 radical (unpaired) electrons. The zero-order chi connectivity index (χ0) is 29.2. The molecule has 8 nitrogen and oxygen atoms in total. The Morgan fingerprint density at radius 2 is 1.51 bits per heavy atom. The van der Waals surface area contributed by atoms with Gasteiger partial charge in [-0.25, -0.2) is 18.1 Å². The number of methoxy groups -OCH3 is 1. The average Bonchev–Trinajstić information content (AvgIpc) is 2.77. The Balaban J connectivity index is 0.00000139. The number of para-hydroxylation sites is 1. The van der Waals surface area contributed by atoms with Crippen molar-refractivity contribution in [2.75, 3.05) is 24.8 Å². The molecule has 1 amide bonds. The highest BCUT2D eigenvalue weighted by Gasteiger charge is 2.49. The second-order valence-corrected chi connectivity index (χ2v) is 15.6. The van der Waals surface area contributed by atoms with E-state index in [-0.39, 0.29) is 12.5 Å². The fourth-order valence-corrected chi connectivity index (χ4v) is 9.61. The monoisotopic (exact) mass is 568 g/mol. The predicted molar refractivity (Wildman–Crippen MR) is 139 cm³/mol. The molecule has 13 heteroatoms. The highest BCUT2D eigenvalue weighted by Crippen LogP contribution is 2.71. The molecule has 0 bridgehead atoms. The summed E-state index contributed by atoms with van der Waals surface area (Å²) in [4.78, 5) is 14.2. The van der Waals surface area contributed by atoms with E-state index in [1.807, 2.05) is 18.2 Å². The van der Waals surface area contributed by atoms with Crippen molar-refractivity contribution in [3.63, 3.8) is 0 Å². The van der Waals surface area contributed by atoms with Crippen molar-refractivity contribution in [2.45, 2.75) is 71.0 Å².